The smallest absolute Gasteiger partial charge is 0.356 e. The van der Waals surface area contributed by atoms with Crippen molar-refractivity contribution in [3.63, 3.8) is 0 Å². The predicted octanol–water partition coefficient (Wildman–Crippen LogP) is 4.67. The SMILES string of the molecule is CCCCOc1ccc(C(=O)N/C(=C\Nc2ccc([N+](=O)[O-])cc2Cl)C(=O)OCC)cc1. The molecule has 1 amide bonds. The third kappa shape index (κ3) is 7.28. The van der Waals surface area contributed by atoms with Gasteiger partial charge < -0.3 is 20.1 Å². The van der Waals surface area contributed by atoms with Gasteiger partial charge in [0, 0.05) is 23.9 Å². The fourth-order valence-corrected chi connectivity index (χ4v) is 2.70. The van der Waals surface area contributed by atoms with Crippen molar-refractivity contribution in [3.05, 3.63) is 75.1 Å². The molecule has 2 aromatic rings. The highest BCUT2D eigenvalue weighted by Gasteiger charge is 2.16. The highest BCUT2D eigenvalue weighted by Crippen LogP contribution is 2.26. The number of esters is 1. The number of non-ortho nitro benzene ring substituents is 1. The Balaban J connectivity index is 2.14. The zero-order chi connectivity index (χ0) is 23.5. The molecule has 0 unspecified atom stereocenters. The lowest BCUT2D eigenvalue weighted by Gasteiger charge is -2.11. The van der Waals surface area contributed by atoms with Crippen molar-refractivity contribution >= 4 is 34.9 Å². The zero-order valence-corrected chi connectivity index (χ0v) is 18.5. The van der Waals surface area contributed by atoms with E-state index in [2.05, 4.69) is 17.6 Å². The molecule has 0 bridgehead atoms. The molecule has 0 radical (unpaired) electrons. The summed E-state index contributed by atoms with van der Waals surface area (Å²) in [6.45, 7) is 4.40. The van der Waals surface area contributed by atoms with Crippen LogP contribution < -0.4 is 15.4 Å². The summed E-state index contributed by atoms with van der Waals surface area (Å²) in [5, 5.41) is 16.2. The van der Waals surface area contributed by atoms with E-state index in [1.54, 1.807) is 31.2 Å². The van der Waals surface area contributed by atoms with Gasteiger partial charge in [0.05, 0.1) is 28.8 Å². The number of carbonyl (C=O) groups excluding carboxylic acids is 2. The average Bonchev–Trinajstić information content (AvgIpc) is 2.77. The van der Waals surface area contributed by atoms with E-state index in [1.807, 2.05) is 0 Å². The van der Waals surface area contributed by atoms with Crippen LogP contribution in [0.3, 0.4) is 0 Å². The van der Waals surface area contributed by atoms with Crippen LogP contribution in [-0.2, 0) is 9.53 Å². The first-order valence-electron chi connectivity index (χ1n) is 9.97. The molecule has 0 aliphatic carbocycles. The molecule has 2 aromatic carbocycles. The number of halogens is 1. The van der Waals surface area contributed by atoms with Gasteiger partial charge in [0.25, 0.3) is 11.6 Å². The molecular weight excluding hydrogens is 438 g/mol. The van der Waals surface area contributed by atoms with Crippen LogP contribution in [-0.4, -0.2) is 30.0 Å². The fraction of sp³-hybridized carbons (Fsp3) is 0.273. The van der Waals surface area contributed by atoms with Crippen LogP contribution in [0.5, 0.6) is 5.75 Å². The molecule has 0 aliphatic rings. The van der Waals surface area contributed by atoms with Gasteiger partial charge in [-0.05, 0) is 43.7 Å². The summed E-state index contributed by atoms with van der Waals surface area (Å²) in [5.74, 6) is -0.641. The molecule has 0 heterocycles. The van der Waals surface area contributed by atoms with Gasteiger partial charge in [-0.25, -0.2) is 4.79 Å². The van der Waals surface area contributed by atoms with Gasteiger partial charge in [-0.2, -0.15) is 0 Å². The van der Waals surface area contributed by atoms with Gasteiger partial charge in [0.2, 0.25) is 0 Å². The number of ether oxygens (including phenoxy) is 2. The minimum Gasteiger partial charge on any atom is -0.494 e. The van der Waals surface area contributed by atoms with Crippen LogP contribution in [0.1, 0.15) is 37.0 Å². The number of unbranched alkanes of at least 4 members (excludes halogenated alkanes) is 1. The number of nitro benzene ring substituents is 1. The van der Waals surface area contributed by atoms with E-state index >= 15 is 0 Å². The molecule has 0 aliphatic heterocycles. The Labute approximate surface area is 190 Å². The second-order valence-corrected chi connectivity index (χ2v) is 6.93. The normalized spacial score (nSPS) is 10.9. The Kier molecular flexibility index (Phi) is 9.49. The van der Waals surface area contributed by atoms with E-state index in [0.29, 0.717) is 23.6 Å². The summed E-state index contributed by atoms with van der Waals surface area (Å²) in [6.07, 6.45) is 3.16. The number of benzene rings is 2. The Morgan fingerprint density at radius 2 is 1.88 bits per heavy atom. The van der Waals surface area contributed by atoms with E-state index in [4.69, 9.17) is 21.1 Å². The molecule has 2 N–H and O–H groups in total. The number of nitrogens with one attached hydrogen (secondary N) is 2. The summed E-state index contributed by atoms with van der Waals surface area (Å²) in [7, 11) is 0. The largest absolute Gasteiger partial charge is 0.494 e. The average molecular weight is 462 g/mol. The van der Waals surface area contributed by atoms with Crippen molar-refractivity contribution in [3.8, 4) is 5.75 Å². The number of rotatable bonds is 11. The van der Waals surface area contributed by atoms with Crippen molar-refractivity contribution in [2.45, 2.75) is 26.7 Å². The minimum absolute atomic E-state index is 0.0728. The number of anilines is 1. The first-order valence-corrected chi connectivity index (χ1v) is 10.4. The van der Waals surface area contributed by atoms with Crippen molar-refractivity contribution in [1.82, 2.24) is 5.32 Å². The monoisotopic (exact) mass is 461 g/mol. The first kappa shape index (κ1) is 24.7. The van der Waals surface area contributed by atoms with Crippen LogP contribution in [0.2, 0.25) is 5.02 Å². The van der Waals surface area contributed by atoms with Crippen LogP contribution in [0, 0.1) is 10.1 Å². The van der Waals surface area contributed by atoms with Crippen molar-refractivity contribution in [2.75, 3.05) is 18.5 Å². The molecular formula is C22H24ClN3O6. The van der Waals surface area contributed by atoms with Gasteiger partial charge >= 0.3 is 5.97 Å². The summed E-state index contributed by atoms with van der Waals surface area (Å²) in [5.41, 5.74) is 0.290. The van der Waals surface area contributed by atoms with Crippen LogP contribution in [0.25, 0.3) is 0 Å². The van der Waals surface area contributed by atoms with Gasteiger partial charge in [-0.3, -0.25) is 14.9 Å². The predicted molar refractivity (Wildman–Crippen MR) is 121 cm³/mol. The quantitative estimate of drug-likeness (QED) is 0.164. The minimum atomic E-state index is -0.758. The van der Waals surface area contributed by atoms with Crippen molar-refractivity contribution in [2.24, 2.45) is 0 Å². The Hall–Kier alpha value is -3.59. The fourth-order valence-electron chi connectivity index (χ4n) is 2.47. The van der Waals surface area contributed by atoms with E-state index in [1.165, 1.54) is 24.4 Å². The van der Waals surface area contributed by atoms with Gasteiger partial charge in [-0.15, -0.1) is 0 Å². The van der Waals surface area contributed by atoms with Crippen molar-refractivity contribution < 1.29 is 24.0 Å². The summed E-state index contributed by atoms with van der Waals surface area (Å²) >= 11 is 6.05. The van der Waals surface area contributed by atoms with Gasteiger partial charge in [-0.1, -0.05) is 24.9 Å². The molecule has 0 aromatic heterocycles. The maximum atomic E-state index is 12.6. The van der Waals surface area contributed by atoms with E-state index in [0.717, 1.165) is 12.8 Å². The summed E-state index contributed by atoms with van der Waals surface area (Å²) in [6, 6.07) is 10.3. The van der Waals surface area contributed by atoms with E-state index < -0.39 is 16.8 Å². The third-order valence-corrected chi connectivity index (χ3v) is 4.47. The topological polar surface area (TPSA) is 120 Å². The lowest BCUT2D eigenvalue weighted by Crippen LogP contribution is -2.29. The molecule has 0 spiro atoms. The molecule has 0 atom stereocenters. The highest BCUT2D eigenvalue weighted by molar-refractivity contribution is 6.33. The molecule has 9 nitrogen and oxygen atoms in total. The number of carbonyl (C=O) groups is 2. The number of nitro groups is 1. The first-order chi connectivity index (χ1) is 15.3. The van der Waals surface area contributed by atoms with Crippen molar-refractivity contribution in [1.29, 1.82) is 0 Å². The standard InChI is InChI=1S/C22H24ClN3O6/c1-3-5-12-32-17-9-6-15(7-10-17)21(27)25-20(22(28)31-4-2)14-24-19-11-8-16(26(29)30)13-18(19)23/h6-11,13-14,24H,3-5,12H2,1-2H3,(H,25,27)/b20-14-. The lowest BCUT2D eigenvalue weighted by atomic mass is 10.2. The molecule has 0 fully saturated rings. The maximum Gasteiger partial charge on any atom is 0.356 e. The second-order valence-electron chi connectivity index (χ2n) is 6.52. The lowest BCUT2D eigenvalue weighted by molar-refractivity contribution is -0.384. The number of hydrogen-bond donors (Lipinski definition) is 2. The second kappa shape index (κ2) is 12.3. The Bertz CT molecular complexity index is 992. The molecule has 32 heavy (non-hydrogen) atoms. The van der Waals surface area contributed by atoms with Gasteiger partial charge in [0.15, 0.2) is 0 Å². The maximum absolute atomic E-state index is 12.6. The Morgan fingerprint density at radius 1 is 1.16 bits per heavy atom. The van der Waals surface area contributed by atoms with Crippen LogP contribution in [0.4, 0.5) is 11.4 Å². The highest BCUT2D eigenvalue weighted by atomic mass is 35.5. The molecule has 0 saturated carbocycles. The third-order valence-electron chi connectivity index (χ3n) is 4.16. The molecule has 170 valence electrons. The zero-order valence-electron chi connectivity index (χ0n) is 17.7. The van der Waals surface area contributed by atoms with Gasteiger partial charge in [0.1, 0.15) is 11.4 Å². The number of hydrogen-bond acceptors (Lipinski definition) is 7. The number of nitrogens with zero attached hydrogens (tertiary/aromatic N) is 1. The Morgan fingerprint density at radius 3 is 2.47 bits per heavy atom. The molecule has 10 heteroatoms. The van der Waals surface area contributed by atoms with Crippen LogP contribution in [0.15, 0.2) is 54.4 Å². The number of amides is 1. The van der Waals surface area contributed by atoms with E-state index in [-0.39, 0.29) is 23.0 Å². The van der Waals surface area contributed by atoms with Crippen LogP contribution >= 0.6 is 11.6 Å². The molecule has 0 saturated heterocycles. The summed E-state index contributed by atoms with van der Waals surface area (Å²) in [4.78, 5) is 35.1. The molecule has 2 rings (SSSR count). The summed E-state index contributed by atoms with van der Waals surface area (Å²) < 4.78 is 10.6. The van der Waals surface area contributed by atoms with E-state index in [9.17, 15) is 19.7 Å².